The maximum atomic E-state index is 12.3. The smallest absolute Gasteiger partial charge is 0.414 e. The van der Waals surface area contributed by atoms with Gasteiger partial charge in [0.05, 0.1) is 12.6 Å². The van der Waals surface area contributed by atoms with Gasteiger partial charge in [-0.1, -0.05) is 30.3 Å². The van der Waals surface area contributed by atoms with Crippen molar-refractivity contribution in [3.05, 3.63) is 60.2 Å². The average molecular weight is 395 g/mol. The number of carbonyl (C=O) groups excluding carboxylic acids is 1. The lowest BCUT2D eigenvalue weighted by atomic mass is 10.1. The first-order valence-electron chi connectivity index (χ1n) is 10.7. The van der Waals surface area contributed by atoms with E-state index in [1.54, 1.807) is 4.90 Å². The Morgan fingerprint density at radius 2 is 1.90 bits per heavy atom. The summed E-state index contributed by atoms with van der Waals surface area (Å²) in [5, 5.41) is 0. The van der Waals surface area contributed by atoms with Crippen LogP contribution in [0, 0.1) is 0 Å². The van der Waals surface area contributed by atoms with Crippen molar-refractivity contribution in [3.8, 4) is 5.75 Å². The molecule has 0 aliphatic carbocycles. The van der Waals surface area contributed by atoms with Crippen molar-refractivity contribution >= 4 is 11.8 Å². The Balaban J connectivity index is 1.30. The minimum atomic E-state index is -0.278. The number of ether oxygens (including phenoxy) is 2. The summed E-state index contributed by atoms with van der Waals surface area (Å²) in [6, 6.07) is 18.7. The zero-order valence-corrected chi connectivity index (χ0v) is 17.1. The van der Waals surface area contributed by atoms with Crippen molar-refractivity contribution in [1.29, 1.82) is 0 Å². The summed E-state index contributed by atoms with van der Waals surface area (Å²) in [7, 11) is 0. The molecular formula is C24H30N2O3. The fourth-order valence-corrected chi connectivity index (χ4v) is 4.30. The first kappa shape index (κ1) is 19.8. The van der Waals surface area contributed by atoms with E-state index in [1.165, 1.54) is 24.9 Å². The Morgan fingerprint density at radius 3 is 2.62 bits per heavy atom. The van der Waals surface area contributed by atoms with Gasteiger partial charge in [0, 0.05) is 18.3 Å². The van der Waals surface area contributed by atoms with Gasteiger partial charge in [0.25, 0.3) is 0 Å². The maximum absolute atomic E-state index is 12.3. The first-order chi connectivity index (χ1) is 14.2. The van der Waals surface area contributed by atoms with Gasteiger partial charge in [0.1, 0.15) is 12.4 Å². The molecule has 0 N–H and O–H groups in total. The van der Waals surface area contributed by atoms with Gasteiger partial charge in [0.15, 0.2) is 0 Å². The van der Waals surface area contributed by atoms with Crippen LogP contribution in [0.2, 0.25) is 0 Å². The topological polar surface area (TPSA) is 42.0 Å². The van der Waals surface area contributed by atoms with Crippen molar-refractivity contribution in [2.45, 2.75) is 44.7 Å². The summed E-state index contributed by atoms with van der Waals surface area (Å²) in [5.41, 5.74) is 2.06. The van der Waals surface area contributed by atoms with Gasteiger partial charge >= 0.3 is 6.09 Å². The minimum absolute atomic E-state index is 0.0131. The summed E-state index contributed by atoms with van der Waals surface area (Å²) < 4.78 is 11.2. The molecule has 1 amide bonds. The Bertz CT molecular complexity index is 794. The van der Waals surface area contributed by atoms with Crippen molar-refractivity contribution in [3.63, 3.8) is 0 Å². The van der Waals surface area contributed by atoms with Crippen molar-refractivity contribution in [2.24, 2.45) is 0 Å². The second-order valence-corrected chi connectivity index (χ2v) is 8.01. The van der Waals surface area contributed by atoms with Gasteiger partial charge in [0.2, 0.25) is 0 Å². The van der Waals surface area contributed by atoms with Crippen LogP contribution in [0.15, 0.2) is 54.6 Å². The molecular weight excluding hydrogens is 364 g/mol. The molecule has 4 rings (SSSR count). The molecule has 0 radical (unpaired) electrons. The maximum Gasteiger partial charge on any atom is 0.414 e. The van der Waals surface area contributed by atoms with E-state index < -0.39 is 0 Å². The highest BCUT2D eigenvalue weighted by Crippen LogP contribution is 2.27. The Morgan fingerprint density at radius 1 is 1.10 bits per heavy atom. The molecule has 2 aliphatic rings. The Hall–Kier alpha value is -2.53. The standard InChI is InChI=1S/C24H30N2O3/c1-19-7-5-14-25(19)15-6-16-28-23-12-10-21(11-13-23)26-22(18-29-24(26)27)17-20-8-3-2-4-9-20/h2-4,8-13,19,22H,5-7,14-18H2,1H3/t19?,22-/m1/s1. The van der Waals surface area contributed by atoms with Crippen LogP contribution in [0.3, 0.4) is 0 Å². The number of amides is 1. The fourth-order valence-electron chi connectivity index (χ4n) is 4.30. The predicted octanol–water partition coefficient (Wildman–Crippen LogP) is 4.51. The predicted molar refractivity (Wildman–Crippen MR) is 115 cm³/mol. The van der Waals surface area contributed by atoms with Gasteiger partial charge < -0.3 is 14.4 Å². The van der Waals surface area contributed by atoms with E-state index in [9.17, 15) is 4.79 Å². The van der Waals surface area contributed by atoms with Crippen LogP contribution in [0.5, 0.6) is 5.75 Å². The monoisotopic (exact) mass is 394 g/mol. The molecule has 2 fully saturated rings. The van der Waals surface area contributed by atoms with Crippen LogP contribution in [0.1, 0.15) is 31.7 Å². The molecule has 0 saturated carbocycles. The Labute approximate surface area is 173 Å². The molecule has 0 bridgehead atoms. The zero-order valence-electron chi connectivity index (χ0n) is 17.1. The second-order valence-electron chi connectivity index (χ2n) is 8.01. The van der Waals surface area contributed by atoms with Crippen LogP contribution in [-0.2, 0) is 11.2 Å². The zero-order chi connectivity index (χ0) is 20.1. The number of anilines is 1. The lowest BCUT2D eigenvalue weighted by molar-refractivity contribution is 0.178. The number of benzene rings is 2. The largest absolute Gasteiger partial charge is 0.494 e. The quantitative estimate of drug-likeness (QED) is 0.618. The molecule has 5 nitrogen and oxygen atoms in total. The van der Waals surface area contributed by atoms with Gasteiger partial charge in [-0.15, -0.1) is 0 Å². The number of nitrogens with zero attached hydrogens (tertiary/aromatic N) is 2. The van der Waals surface area contributed by atoms with E-state index in [2.05, 4.69) is 24.0 Å². The highest BCUT2D eigenvalue weighted by atomic mass is 16.6. The SMILES string of the molecule is CC1CCCN1CCCOc1ccc(N2C(=O)OC[C@H]2Cc2ccccc2)cc1. The number of rotatable bonds is 8. The molecule has 154 valence electrons. The highest BCUT2D eigenvalue weighted by Gasteiger charge is 2.34. The van der Waals surface area contributed by atoms with Crippen LogP contribution >= 0.6 is 0 Å². The molecule has 0 aromatic heterocycles. The molecule has 2 atom stereocenters. The number of hydrogen-bond donors (Lipinski definition) is 0. The molecule has 1 unspecified atom stereocenters. The summed E-state index contributed by atoms with van der Waals surface area (Å²) >= 11 is 0. The lowest BCUT2D eigenvalue weighted by Gasteiger charge is -2.22. The third-order valence-corrected chi connectivity index (χ3v) is 5.94. The number of carbonyl (C=O) groups is 1. The van der Waals surface area contributed by atoms with Gasteiger partial charge in [-0.3, -0.25) is 4.90 Å². The normalized spacial score (nSPS) is 22.1. The molecule has 2 aromatic rings. The van der Waals surface area contributed by atoms with Crippen LogP contribution < -0.4 is 9.64 Å². The minimum Gasteiger partial charge on any atom is -0.494 e. The summed E-state index contributed by atoms with van der Waals surface area (Å²) in [4.78, 5) is 16.6. The third kappa shape index (κ3) is 4.91. The lowest BCUT2D eigenvalue weighted by Crippen LogP contribution is -2.35. The number of hydrogen-bond acceptors (Lipinski definition) is 4. The molecule has 2 saturated heterocycles. The summed E-state index contributed by atoms with van der Waals surface area (Å²) in [5.74, 6) is 0.843. The van der Waals surface area contributed by atoms with E-state index in [1.807, 2.05) is 42.5 Å². The molecule has 0 spiro atoms. The molecule has 5 heteroatoms. The molecule has 2 heterocycles. The van der Waals surface area contributed by atoms with E-state index in [0.717, 1.165) is 30.8 Å². The fraction of sp³-hybridized carbons (Fsp3) is 0.458. The Kier molecular flexibility index (Phi) is 6.35. The van der Waals surface area contributed by atoms with E-state index in [-0.39, 0.29) is 12.1 Å². The van der Waals surface area contributed by atoms with Gasteiger partial charge in [-0.25, -0.2) is 4.79 Å². The van der Waals surface area contributed by atoms with E-state index >= 15 is 0 Å². The van der Waals surface area contributed by atoms with Crippen molar-refractivity contribution < 1.29 is 14.3 Å². The van der Waals surface area contributed by atoms with Crippen molar-refractivity contribution in [1.82, 2.24) is 4.90 Å². The molecule has 2 aliphatic heterocycles. The van der Waals surface area contributed by atoms with Gasteiger partial charge in [-0.2, -0.15) is 0 Å². The average Bonchev–Trinajstić information content (AvgIpc) is 3.32. The third-order valence-electron chi connectivity index (χ3n) is 5.94. The van der Waals surface area contributed by atoms with Crippen LogP contribution in [-0.4, -0.2) is 49.4 Å². The molecule has 29 heavy (non-hydrogen) atoms. The van der Waals surface area contributed by atoms with Crippen LogP contribution in [0.25, 0.3) is 0 Å². The van der Waals surface area contributed by atoms with Crippen LogP contribution in [0.4, 0.5) is 10.5 Å². The number of likely N-dealkylation sites (tertiary alicyclic amines) is 1. The van der Waals surface area contributed by atoms with Crippen molar-refractivity contribution in [2.75, 3.05) is 31.2 Å². The van der Waals surface area contributed by atoms with E-state index in [0.29, 0.717) is 19.3 Å². The molecule has 2 aromatic carbocycles. The highest BCUT2D eigenvalue weighted by molar-refractivity contribution is 5.90. The van der Waals surface area contributed by atoms with Gasteiger partial charge in [-0.05, 0) is 69.0 Å². The van der Waals surface area contributed by atoms with E-state index in [4.69, 9.17) is 9.47 Å². The first-order valence-corrected chi connectivity index (χ1v) is 10.7. The summed E-state index contributed by atoms with van der Waals surface area (Å²) in [6.07, 6.45) is 4.16. The summed E-state index contributed by atoms with van der Waals surface area (Å²) in [6.45, 7) is 5.75. The second kappa shape index (κ2) is 9.31. The number of cyclic esters (lactones) is 1.